The van der Waals surface area contributed by atoms with Crippen LogP contribution in [-0.2, 0) is 11.3 Å². The quantitative estimate of drug-likeness (QED) is 0.773. The smallest absolute Gasteiger partial charge is 0.0617 e. The molecule has 0 aliphatic carbocycles. The van der Waals surface area contributed by atoms with Crippen LogP contribution in [0, 0.1) is 5.92 Å². The molecule has 0 radical (unpaired) electrons. The van der Waals surface area contributed by atoms with Gasteiger partial charge in [0, 0.05) is 19.2 Å². The summed E-state index contributed by atoms with van der Waals surface area (Å²) in [7, 11) is 0. The minimum atomic E-state index is 0.420. The van der Waals surface area contributed by atoms with Crippen molar-refractivity contribution in [3.8, 4) is 0 Å². The van der Waals surface area contributed by atoms with Gasteiger partial charge in [0.2, 0.25) is 0 Å². The summed E-state index contributed by atoms with van der Waals surface area (Å²) >= 11 is 1.74. The van der Waals surface area contributed by atoms with E-state index in [2.05, 4.69) is 42.9 Å². The van der Waals surface area contributed by atoms with Gasteiger partial charge < -0.3 is 10.1 Å². The Morgan fingerprint density at radius 2 is 2.13 bits per heavy atom. The SMILES string of the molecule is CC(C)COCC(C)NCc1ccsc1. The van der Waals surface area contributed by atoms with Crippen molar-refractivity contribution in [1.82, 2.24) is 5.32 Å². The molecule has 86 valence electrons. The summed E-state index contributed by atoms with van der Waals surface area (Å²) < 4.78 is 5.57. The van der Waals surface area contributed by atoms with E-state index < -0.39 is 0 Å². The van der Waals surface area contributed by atoms with Crippen LogP contribution < -0.4 is 5.32 Å². The zero-order valence-electron chi connectivity index (χ0n) is 9.82. The van der Waals surface area contributed by atoms with Crippen molar-refractivity contribution >= 4 is 11.3 Å². The van der Waals surface area contributed by atoms with Gasteiger partial charge in [0.05, 0.1) is 6.61 Å². The molecule has 0 aliphatic heterocycles. The maximum Gasteiger partial charge on any atom is 0.0617 e. The predicted octanol–water partition coefficient (Wildman–Crippen LogP) is 2.90. The molecule has 1 rings (SSSR count). The van der Waals surface area contributed by atoms with Crippen LogP contribution in [0.3, 0.4) is 0 Å². The highest BCUT2D eigenvalue weighted by Crippen LogP contribution is 2.05. The highest BCUT2D eigenvalue weighted by molar-refractivity contribution is 7.07. The summed E-state index contributed by atoms with van der Waals surface area (Å²) in [5, 5.41) is 7.72. The highest BCUT2D eigenvalue weighted by Gasteiger charge is 2.02. The third kappa shape index (κ3) is 5.92. The van der Waals surface area contributed by atoms with Crippen LogP contribution in [0.15, 0.2) is 16.8 Å². The van der Waals surface area contributed by atoms with E-state index in [1.807, 2.05) is 0 Å². The molecule has 1 heterocycles. The molecule has 0 saturated carbocycles. The van der Waals surface area contributed by atoms with Gasteiger partial charge in [-0.3, -0.25) is 0 Å². The van der Waals surface area contributed by atoms with E-state index in [4.69, 9.17) is 4.74 Å². The van der Waals surface area contributed by atoms with E-state index in [1.54, 1.807) is 11.3 Å². The fourth-order valence-electron chi connectivity index (χ4n) is 1.22. The molecule has 0 fully saturated rings. The fourth-order valence-corrected chi connectivity index (χ4v) is 1.89. The first kappa shape index (κ1) is 12.7. The molecule has 15 heavy (non-hydrogen) atoms. The van der Waals surface area contributed by atoms with Crippen LogP contribution in [0.25, 0.3) is 0 Å². The molecule has 0 amide bonds. The minimum absolute atomic E-state index is 0.420. The molecule has 0 bridgehead atoms. The summed E-state index contributed by atoms with van der Waals surface area (Å²) in [6.07, 6.45) is 0. The first-order valence-electron chi connectivity index (χ1n) is 5.50. The molecule has 1 aromatic heterocycles. The van der Waals surface area contributed by atoms with Crippen molar-refractivity contribution in [1.29, 1.82) is 0 Å². The van der Waals surface area contributed by atoms with Gasteiger partial charge in [-0.1, -0.05) is 13.8 Å². The Balaban J connectivity index is 2.06. The molecule has 1 atom stereocenters. The number of thiophene rings is 1. The summed E-state index contributed by atoms with van der Waals surface area (Å²) in [6.45, 7) is 9.09. The average Bonchev–Trinajstić information content (AvgIpc) is 2.66. The lowest BCUT2D eigenvalue weighted by Gasteiger charge is -2.14. The van der Waals surface area contributed by atoms with Gasteiger partial charge in [-0.05, 0) is 35.2 Å². The lowest BCUT2D eigenvalue weighted by Crippen LogP contribution is -2.30. The molecule has 0 spiro atoms. The Morgan fingerprint density at radius 1 is 1.33 bits per heavy atom. The summed E-state index contributed by atoms with van der Waals surface area (Å²) in [5.74, 6) is 0.620. The lowest BCUT2D eigenvalue weighted by molar-refractivity contribution is 0.0935. The van der Waals surface area contributed by atoms with E-state index in [0.29, 0.717) is 12.0 Å². The van der Waals surface area contributed by atoms with Crippen LogP contribution >= 0.6 is 11.3 Å². The first-order chi connectivity index (χ1) is 7.18. The predicted molar refractivity (Wildman–Crippen MR) is 66.3 cm³/mol. The molecule has 1 aromatic rings. The van der Waals surface area contributed by atoms with Gasteiger partial charge in [-0.15, -0.1) is 0 Å². The third-order valence-corrected chi connectivity index (χ3v) is 2.79. The van der Waals surface area contributed by atoms with Crippen LogP contribution in [0.1, 0.15) is 26.3 Å². The van der Waals surface area contributed by atoms with E-state index in [9.17, 15) is 0 Å². The molecule has 1 N–H and O–H groups in total. The monoisotopic (exact) mass is 227 g/mol. The molecule has 2 nitrogen and oxygen atoms in total. The van der Waals surface area contributed by atoms with E-state index in [1.165, 1.54) is 5.56 Å². The van der Waals surface area contributed by atoms with Gasteiger partial charge in [-0.25, -0.2) is 0 Å². The number of hydrogen-bond acceptors (Lipinski definition) is 3. The summed E-state index contributed by atoms with van der Waals surface area (Å²) in [5.41, 5.74) is 1.36. The topological polar surface area (TPSA) is 21.3 Å². The second kappa shape index (κ2) is 6.99. The van der Waals surface area contributed by atoms with Crippen molar-refractivity contribution in [2.75, 3.05) is 13.2 Å². The van der Waals surface area contributed by atoms with Crippen molar-refractivity contribution in [2.24, 2.45) is 5.92 Å². The van der Waals surface area contributed by atoms with Crippen LogP contribution in [0.2, 0.25) is 0 Å². The Morgan fingerprint density at radius 3 is 2.73 bits per heavy atom. The van der Waals surface area contributed by atoms with Crippen LogP contribution in [0.5, 0.6) is 0 Å². The molecular weight excluding hydrogens is 206 g/mol. The van der Waals surface area contributed by atoms with E-state index >= 15 is 0 Å². The molecule has 0 aliphatic rings. The van der Waals surface area contributed by atoms with E-state index in [-0.39, 0.29) is 0 Å². The maximum absolute atomic E-state index is 5.57. The fraction of sp³-hybridized carbons (Fsp3) is 0.667. The average molecular weight is 227 g/mol. The number of hydrogen-bond donors (Lipinski definition) is 1. The van der Waals surface area contributed by atoms with Crippen LogP contribution in [-0.4, -0.2) is 19.3 Å². The Hall–Kier alpha value is -0.380. The first-order valence-corrected chi connectivity index (χ1v) is 6.45. The second-order valence-electron chi connectivity index (χ2n) is 4.34. The Bertz CT molecular complexity index is 246. The summed E-state index contributed by atoms with van der Waals surface area (Å²) in [6, 6.07) is 2.57. The molecule has 1 unspecified atom stereocenters. The number of ether oxygens (including phenoxy) is 1. The van der Waals surface area contributed by atoms with Gasteiger partial charge in [0.25, 0.3) is 0 Å². The van der Waals surface area contributed by atoms with Gasteiger partial charge in [-0.2, -0.15) is 11.3 Å². The second-order valence-corrected chi connectivity index (χ2v) is 5.12. The zero-order valence-corrected chi connectivity index (χ0v) is 10.6. The Labute approximate surface area is 96.7 Å². The third-order valence-electron chi connectivity index (χ3n) is 2.05. The molecule has 0 aromatic carbocycles. The van der Waals surface area contributed by atoms with Crippen molar-refractivity contribution < 1.29 is 4.74 Å². The maximum atomic E-state index is 5.57. The lowest BCUT2D eigenvalue weighted by atomic mass is 10.2. The molecule has 3 heteroatoms. The number of rotatable bonds is 7. The van der Waals surface area contributed by atoms with E-state index in [0.717, 1.165) is 19.8 Å². The largest absolute Gasteiger partial charge is 0.380 e. The van der Waals surface area contributed by atoms with Gasteiger partial charge >= 0.3 is 0 Å². The van der Waals surface area contributed by atoms with Crippen molar-refractivity contribution in [3.63, 3.8) is 0 Å². The Kier molecular flexibility index (Phi) is 5.91. The van der Waals surface area contributed by atoms with Gasteiger partial charge in [0.1, 0.15) is 0 Å². The normalized spacial score (nSPS) is 13.3. The molecular formula is C12H21NOS. The standard InChI is InChI=1S/C12H21NOS/c1-10(2)7-14-8-11(3)13-6-12-4-5-15-9-12/h4-5,9-11,13H,6-8H2,1-3H3. The van der Waals surface area contributed by atoms with Crippen LogP contribution in [0.4, 0.5) is 0 Å². The summed E-state index contributed by atoms with van der Waals surface area (Å²) in [4.78, 5) is 0. The molecule has 0 saturated heterocycles. The van der Waals surface area contributed by atoms with Gasteiger partial charge in [0.15, 0.2) is 0 Å². The van der Waals surface area contributed by atoms with Crippen molar-refractivity contribution in [2.45, 2.75) is 33.4 Å². The zero-order chi connectivity index (χ0) is 11.1. The minimum Gasteiger partial charge on any atom is -0.380 e. The number of nitrogens with one attached hydrogen (secondary N) is 1. The van der Waals surface area contributed by atoms with Crippen molar-refractivity contribution in [3.05, 3.63) is 22.4 Å². The highest BCUT2D eigenvalue weighted by atomic mass is 32.1.